The highest BCUT2D eigenvalue weighted by atomic mass is 16.3. The first-order valence-corrected chi connectivity index (χ1v) is 4.54. The second-order valence-corrected chi connectivity index (χ2v) is 3.94. The Morgan fingerprint density at radius 1 is 1.67 bits per heavy atom. The van der Waals surface area contributed by atoms with Crippen molar-refractivity contribution in [1.29, 1.82) is 5.26 Å². The number of aliphatic hydroxyl groups is 1. The van der Waals surface area contributed by atoms with Crippen LogP contribution in [0.1, 0.15) is 19.4 Å². The number of hydrogen-bond donors (Lipinski definition) is 3. The van der Waals surface area contributed by atoms with E-state index in [2.05, 4.69) is 10.3 Å². The molecule has 0 saturated heterocycles. The fourth-order valence-electron chi connectivity index (χ4n) is 1.01. The lowest BCUT2D eigenvalue weighted by Gasteiger charge is -2.18. The summed E-state index contributed by atoms with van der Waals surface area (Å²) < 4.78 is 0. The van der Waals surface area contributed by atoms with Gasteiger partial charge in [0.2, 0.25) is 0 Å². The number of rotatable bonds is 3. The number of nitrogens with zero attached hydrogens (tertiary/aromatic N) is 2. The lowest BCUT2D eigenvalue weighted by Crippen LogP contribution is -2.29. The molecule has 0 aliphatic carbocycles. The SMILES string of the molecule is CC(C)(O)CNc1ncc(N)cc1C#N. The molecule has 0 unspecified atom stereocenters. The first kappa shape index (κ1) is 11.3. The number of nitrogen functional groups attached to an aromatic ring is 1. The normalized spacial score (nSPS) is 10.8. The molecule has 0 aromatic carbocycles. The lowest BCUT2D eigenvalue weighted by atomic mass is 10.1. The Morgan fingerprint density at radius 2 is 2.33 bits per heavy atom. The maximum atomic E-state index is 9.50. The zero-order valence-electron chi connectivity index (χ0n) is 8.78. The summed E-state index contributed by atoms with van der Waals surface area (Å²) in [5, 5.41) is 21.2. The van der Waals surface area contributed by atoms with Gasteiger partial charge in [-0.15, -0.1) is 0 Å². The van der Waals surface area contributed by atoms with Gasteiger partial charge in [-0.1, -0.05) is 0 Å². The van der Waals surface area contributed by atoms with Crippen LogP contribution in [-0.4, -0.2) is 22.2 Å². The molecule has 0 saturated carbocycles. The van der Waals surface area contributed by atoms with E-state index in [0.717, 1.165) is 0 Å². The van der Waals surface area contributed by atoms with Gasteiger partial charge in [-0.3, -0.25) is 0 Å². The van der Waals surface area contributed by atoms with Gasteiger partial charge in [-0.25, -0.2) is 4.98 Å². The Labute approximate surface area is 88.6 Å². The standard InChI is InChI=1S/C10H14N4O/c1-10(2,15)6-14-9-7(4-11)3-8(12)5-13-9/h3,5,15H,6,12H2,1-2H3,(H,13,14). The molecule has 0 amide bonds. The molecule has 5 nitrogen and oxygen atoms in total. The minimum Gasteiger partial charge on any atom is -0.397 e. The Bertz CT molecular complexity index is 389. The Balaban J connectivity index is 2.82. The van der Waals surface area contributed by atoms with Gasteiger partial charge in [-0.05, 0) is 19.9 Å². The number of aromatic nitrogens is 1. The molecular formula is C10H14N4O. The second-order valence-electron chi connectivity index (χ2n) is 3.94. The maximum Gasteiger partial charge on any atom is 0.144 e. The molecule has 4 N–H and O–H groups in total. The van der Waals surface area contributed by atoms with Crippen molar-refractivity contribution in [3.63, 3.8) is 0 Å². The van der Waals surface area contributed by atoms with Gasteiger partial charge in [0.1, 0.15) is 11.9 Å². The van der Waals surface area contributed by atoms with Crippen LogP contribution in [0.3, 0.4) is 0 Å². The number of nitriles is 1. The fourth-order valence-corrected chi connectivity index (χ4v) is 1.01. The summed E-state index contributed by atoms with van der Waals surface area (Å²) in [7, 11) is 0. The van der Waals surface area contributed by atoms with E-state index in [0.29, 0.717) is 23.6 Å². The van der Waals surface area contributed by atoms with Crippen molar-refractivity contribution in [2.75, 3.05) is 17.6 Å². The third-order valence-corrected chi connectivity index (χ3v) is 1.72. The van der Waals surface area contributed by atoms with Crippen LogP contribution in [0.2, 0.25) is 0 Å². The van der Waals surface area contributed by atoms with E-state index in [9.17, 15) is 5.11 Å². The molecule has 1 heterocycles. The molecule has 15 heavy (non-hydrogen) atoms. The predicted octanol–water partition coefficient (Wildman–Crippen LogP) is 0.718. The highest BCUT2D eigenvalue weighted by Crippen LogP contribution is 2.15. The van der Waals surface area contributed by atoms with Crippen LogP contribution in [0.5, 0.6) is 0 Å². The van der Waals surface area contributed by atoms with Crippen LogP contribution >= 0.6 is 0 Å². The van der Waals surface area contributed by atoms with Gasteiger partial charge >= 0.3 is 0 Å². The topological polar surface area (TPSA) is 95.0 Å². The van der Waals surface area contributed by atoms with E-state index in [1.165, 1.54) is 6.20 Å². The largest absolute Gasteiger partial charge is 0.397 e. The summed E-state index contributed by atoms with van der Waals surface area (Å²) in [4.78, 5) is 3.98. The van der Waals surface area contributed by atoms with E-state index in [1.807, 2.05) is 6.07 Å². The summed E-state index contributed by atoms with van der Waals surface area (Å²) >= 11 is 0. The summed E-state index contributed by atoms with van der Waals surface area (Å²) in [6.45, 7) is 3.66. The van der Waals surface area contributed by atoms with Crippen molar-refractivity contribution in [2.45, 2.75) is 19.4 Å². The highest BCUT2D eigenvalue weighted by Gasteiger charge is 2.13. The zero-order chi connectivity index (χ0) is 11.5. The molecule has 80 valence electrons. The monoisotopic (exact) mass is 206 g/mol. The second kappa shape index (κ2) is 4.15. The van der Waals surface area contributed by atoms with Gasteiger partial charge < -0.3 is 16.2 Å². The van der Waals surface area contributed by atoms with E-state index in [-0.39, 0.29) is 0 Å². The number of hydrogen-bond acceptors (Lipinski definition) is 5. The third-order valence-electron chi connectivity index (χ3n) is 1.72. The van der Waals surface area contributed by atoms with Gasteiger partial charge in [0, 0.05) is 6.54 Å². The van der Waals surface area contributed by atoms with Crippen LogP contribution in [0.4, 0.5) is 11.5 Å². The van der Waals surface area contributed by atoms with Crippen molar-refractivity contribution >= 4 is 11.5 Å². The number of nitrogens with one attached hydrogen (secondary N) is 1. The molecule has 1 aromatic rings. The number of nitrogens with two attached hydrogens (primary N) is 1. The summed E-state index contributed by atoms with van der Waals surface area (Å²) in [5.74, 6) is 0.439. The third kappa shape index (κ3) is 3.44. The van der Waals surface area contributed by atoms with Crippen LogP contribution in [0.15, 0.2) is 12.3 Å². The van der Waals surface area contributed by atoms with Crippen LogP contribution in [0, 0.1) is 11.3 Å². The zero-order valence-corrected chi connectivity index (χ0v) is 8.78. The number of pyridine rings is 1. The Morgan fingerprint density at radius 3 is 2.87 bits per heavy atom. The van der Waals surface area contributed by atoms with E-state index in [1.54, 1.807) is 19.9 Å². The lowest BCUT2D eigenvalue weighted by molar-refractivity contribution is 0.0944. The van der Waals surface area contributed by atoms with Gasteiger partial charge in [0.05, 0.1) is 23.0 Å². The van der Waals surface area contributed by atoms with Crippen LogP contribution in [0.25, 0.3) is 0 Å². The van der Waals surface area contributed by atoms with Crippen LogP contribution in [-0.2, 0) is 0 Å². The average Bonchev–Trinajstić information content (AvgIpc) is 2.14. The van der Waals surface area contributed by atoms with Gasteiger partial charge in [0.25, 0.3) is 0 Å². The average molecular weight is 206 g/mol. The molecule has 0 spiro atoms. The van der Waals surface area contributed by atoms with Crippen LogP contribution < -0.4 is 11.1 Å². The van der Waals surface area contributed by atoms with Crippen molar-refractivity contribution in [1.82, 2.24) is 4.98 Å². The Hall–Kier alpha value is -1.80. The minimum atomic E-state index is -0.851. The smallest absolute Gasteiger partial charge is 0.144 e. The van der Waals surface area contributed by atoms with E-state index < -0.39 is 5.60 Å². The number of anilines is 2. The molecule has 0 aliphatic heterocycles. The highest BCUT2D eigenvalue weighted by molar-refractivity contribution is 5.57. The quantitative estimate of drug-likeness (QED) is 0.677. The summed E-state index contributed by atoms with van der Waals surface area (Å²) in [6.07, 6.45) is 1.47. The molecule has 0 radical (unpaired) electrons. The summed E-state index contributed by atoms with van der Waals surface area (Å²) in [5.41, 5.74) is 5.46. The minimum absolute atomic E-state index is 0.318. The molecule has 0 aliphatic rings. The van der Waals surface area contributed by atoms with Crippen molar-refractivity contribution in [2.24, 2.45) is 0 Å². The van der Waals surface area contributed by atoms with E-state index in [4.69, 9.17) is 11.0 Å². The molecule has 1 aromatic heterocycles. The van der Waals surface area contributed by atoms with Gasteiger partial charge in [0.15, 0.2) is 0 Å². The van der Waals surface area contributed by atoms with Gasteiger partial charge in [-0.2, -0.15) is 5.26 Å². The first-order chi connectivity index (χ1) is 6.92. The molecule has 0 fully saturated rings. The first-order valence-electron chi connectivity index (χ1n) is 4.54. The molecule has 0 bridgehead atoms. The predicted molar refractivity (Wildman–Crippen MR) is 58.2 cm³/mol. The Kier molecular flexibility index (Phi) is 3.12. The molecular weight excluding hydrogens is 192 g/mol. The van der Waals surface area contributed by atoms with E-state index >= 15 is 0 Å². The van der Waals surface area contributed by atoms with Crippen molar-refractivity contribution in [3.05, 3.63) is 17.8 Å². The summed E-state index contributed by atoms with van der Waals surface area (Å²) in [6, 6.07) is 3.53. The van der Waals surface area contributed by atoms with Crippen molar-refractivity contribution in [3.8, 4) is 6.07 Å². The molecule has 0 atom stereocenters. The van der Waals surface area contributed by atoms with Crippen molar-refractivity contribution < 1.29 is 5.11 Å². The molecule has 5 heteroatoms. The maximum absolute atomic E-state index is 9.50. The fraction of sp³-hybridized carbons (Fsp3) is 0.400. The molecule has 1 rings (SSSR count).